The molecule has 26 heavy (non-hydrogen) atoms. The minimum Gasteiger partial charge on any atom is -0.454 e. The van der Waals surface area contributed by atoms with Crippen LogP contribution in [0.25, 0.3) is 0 Å². The van der Waals surface area contributed by atoms with E-state index in [1.54, 1.807) is 24.3 Å². The van der Waals surface area contributed by atoms with E-state index >= 15 is 0 Å². The predicted molar refractivity (Wildman–Crippen MR) is 101 cm³/mol. The molecule has 5 nitrogen and oxygen atoms in total. The maximum absolute atomic E-state index is 12.5. The number of nitrogens with one attached hydrogen (secondary N) is 2. The van der Waals surface area contributed by atoms with Gasteiger partial charge in [0.2, 0.25) is 5.91 Å². The number of ether oxygens (including phenoxy) is 1. The molecule has 4 rings (SSSR count). The van der Waals surface area contributed by atoms with Crippen molar-refractivity contribution in [2.45, 2.75) is 38.5 Å². The first kappa shape index (κ1) is 16.6. The molecule has 0 radical (unpaired) electrons. The van der Waals surface area contributed by atoms with E-state index in [0.29, 0.717) is 40.8 Å². The molecule has 1 heterocycles. The monoisotopic (exact) mass is 350 g/mol. The third-order valence-electron chi connectivity index (χ3n) is 5.06. The molecule has 0 bridgehead atoms. The Morgan fingerprint density at radius 2 is 1.88 bits per heavy atom. The Bertz CT molecular complexity index is 841. The Labute approximate surface area is 152 Å². The first-order valence-corrected chi connectivity index (χ1v) is 9.21. The molecular formula is C21H22N2O3. The molecule has 0 saturated heterocycles. The van der Waals surface area contributed by atoms with E-state index in [2.05, 4.69) is 10.6 Å². The van der Waals surface area contributed by atoms with Gasteiger partial charge < -0.3 is 15.4 Å². The smallest absolute Gasteiger partial charge is 0.259 e. The standard InChI is InChI=1S/C21H22N2O3/c24-20(12-14-6-2-1-3-7-14)22-15-10-11-18-16(13-15)21(25)23-17-8-4-5-9-19(17)26-18/h4-5,8-11,13-14H,1-3,6-7,12H2,(H,22,24)(H,23,25). The number of benzene rings is 2. The minimum atomic E-state index is -0.242. The van der Waals surface area contributed by atoms with Gasteiger partial charge in [0, 0.05) is 12.1 Å². The van der Waals surface area contributed by atoms with Gasteiger partial charge in [-0.05, 0) is 49.1 Å². The van der Waals surface area contributed by atoms with E-state index < -0.39 is 0 Å². The van der Waals surface area contributed by atoms with Crippen LogP contribution < -0.4 is 15.4 Å². The fourth-order valence-electron chi connectivity index (χ4n) is 3.71. The number of rotatable bonds is 3. The van der Waals surface area contributed by atoms with Gasteiger partial charge in [-0.25, -0.2) is 0 Å². The van der Waals surface area contributed by atoms with Gasteiger partial charge in [-0.15, -0.1) is 0 Å². The summed E-state index contributed by atoms with van der Waals surface area (Å²) in [6, 6.07) is 12.5. The number of carbonyl (C=O) groups is 2. The number of anilines is 2. The van der Waals surface area contributed by atoms with Crippen molar-refractivity contribution in [1.29, 1.82) is 0 Å². The van der Waals surface area contributed by atoms with Crippen LogP contribution in [0.1, 0.15) is 48.9 Å². The second-order valence-corrected chi connectivity index (χ2v) is 7.02. The van der Waals surface area contributed by atoms with Crippen molar-refractivity contribution < 1.29 is 14.3 Å². The number of hydrogen-bond donors (Lipinski definition) is 2. The minimum absolute atomic E-state index is 0.00934. The Hall–Kier alpha value is -2.82. The molecule has 2 aliphatic rings. The molecule has 2 aromatic carbocycles. The first-order valence-electron chi connectivity index (χ1n) is 9.21. The third-order valence-corrected chi connectivity index (χ3v) is 5.06. The molecular weight excluding hydrogens is 328 g/mol. The van der Waals surface area contributed by atoms with Crippen molar-refractivity contribution in [3.8, 4) is 11.5 Å². The second-order valence-electron chi connectivity index (χ2n) is 7.02. The van der Waals surface area contributed by atoms with Crippen molar-refractivity contribution in [2.75, 3.05) is 10.6 Å². The van der Waals surface area contributed by atoms with Gasteiger partial charge in [-0.3, -0.25) is 9.59 Å². The van der Waals surface area contributed by atoms with Crippen LogP contribution in [0, 0.1) is 5.92 Å². The molecule has 1 aliphatic heterocycles. The van der Waals surface area contributed by atoms with Crippen molar-refractivity contribution in [3.05, 3.63) is 48.0 Å². The van der Waals surface area contributed by atoms with E-state index in [1.807, 2.05) is 18.2 Å². The summed E-state index contributed by atoms with van der Waals surface area (Å²) in [5.74, 6) is 1.33. The van der Waals surface area contributed by atoms with Crippen LogP contribution >= 0.6 is 0 Å². The lowest BCUT2D eigenvalue weighted by Crippen LogP contribution is -2.18. The number of amides is 2. The number of carbonyl (C=O) groups excluding carboxylic acids is 2. The van der Waals surface area contributed by atoms with Crippen LogP contribution in [0.2, 0.25) is 0 Å². The Morgan fingerprint density at radius 3 is 2.73 bits per heavy atom. The number of para-hydroxylation sites is 2. The zero-order chi connectivity index (χ0) is 17.9. The van der Waals surface area contributed by atoms with Crippen LogP contribution in [0.3, 0.4) is 0 Å². The molecule has 5 heteroatoms. The maximum Gasteiger partial charge on any atom is 0.259 e. The van der Waals surface area contributed by atoms with Crippen LogP contribution in [-0.2, 0) is 4.79 Å². The lowest BCUT2D eigenvalue weighted by molar-refractivity contribution is -0.117. The fraction of sp³-hybridized carbons (Fsp3) is 0.333. The molecule has 1 saturated carbocycles. The van der Waals surface area contributed by atoms with Crippen molar-refractivity contribution in [3.63, 3.8) is 0 Å². The van der Waals surface area contributed by atoms with Crippen molar-refractivity contribution >= 4 is 23.2 Å². The molecule has 134 valence electrons. The molecule has 0 atom stereocenters. The largest absolute Gasteiger partial charge is 0.454 e. The highest BCUT2D eigenvalue weighted by atomic mass is 16.5. The van der Waals surface area contributed by atoms with Gasteiger partial charge in [0.15, 0.2) is 5.75 Å². The van der Waals surface area contributed by atoms with E-state index in [-0.39, 0.29) is 11.8 Å². The predicted octanol–water partition coefficient (Wildman–Crippen LogP) is 4.95. The normalized spacial score (nSPS) is 16.5. The summed E-state index contributed by atoms with van der Waals surface area (Å²) in [6.07, 6.45) is 6.52. The van der Waals surface area contributed by atoms with E-state index in [1.165, 1.54) is 19.3 Å². The van der Waals surface area contributed by atoms with Crippen LogP contribution in [0.5, 0.6) is 11.5 Å². The zero-order valence-corrected chi connectivity index (χ0v) is 14.6. The van der Waals surface area contributed by atoms with Crippen molar-refractivity contribution in [2.24, 2.45) is 5.92 Å². The summed E-state index contributed by atoms with van der Waals surface area (Å²) < 4.78 is 5.86. The Kier molecular flexibility index (Phi) is 4.61. The first-order chi connectivity index (χ1) is 12.7. The highest BCUT2D eigenvalue weighted by molar-refractivity contribution is 6.09. The number of fused-ring (bicyclic) bond motifs is 2. The summed E-state index contributed by atoms with van der Waals surface area (Å²) in [5, 5.41) is 5.78. The van der Waals surface area contributed by atoms with Crippen LogP contribution in [0.4, 0.5) is 11.4 Å². The van der Waals surface area contributed by atoms with E-state index in [4.69, 9.17) is 4.74 Å². The summed E-state index contributed by atoms with van der Waals surface area (Å²) in [7, 11) is 0. The average molecular weight is 350 g/mol. The third kappa shape index (κ3) is 3.57. The molecule has 0 spiro atoms. The zero-order valence-electron chi connectivity index (χ0n) is 14.6. The van der Waals surface area contributed by atoms with Gasteiger partial charge >= 0.3 is 0 Å². The van der Waals surface area contributed by atoms with Crippen LogP contribution in [0.15, 0.2) is 42.5 Å². The van der Waals surface area contributed by atoms with Gasteiger partial charge in [-0.2, -0.15) is 0 Å². The summed E-state index contributed by atoms with van der Waals surface area (Å²) in [6.45, 7) is 0. The SMILES string of the molecule is O=C(CC1CCCCC1)Nc1ccc2c(c1)C(=O)Nc1ccccc1O2. The molecule has 2 N–H and O–H groups in total. The average Bonchev–Trinajstić information content (AvgIpc) is 2.78. The second kappa shape index (κ2) is 7.20. The number of hydrogen-bond acceptors (Lipinski definition) is 3. The topological polar surface area (TPSA) is 67.4 Å². The molecule has 1 aliphatic carbocycles. The van der Waals surface area contributed by atoms with E-state index in [9.17, 15) is 9.59 Å². The summed E-state index contributed by atoms with van der Waals surface area (Å²) >= 11 is 0. The van der Waals surface area contributed by atoms with Gasteiger partial charge in [0.25, 0.3) is 5.91 Å². The van der Waals surface area contributed by atoms with Gasteiger partial charge in [0.1, 0.15) is 5.75 Å². The van der Waals surface area contributed by atoms with Crippen LogP contribution in [-0.4, -0.2) is 11.8 Å². The molecule has 1 fully saturated rings. The van der Waals surface area contributed by atoms with Gasteiger partial charge in [0.05, 0.1) is 11.3 Å². The fourth-order valence-corrected chi connectivity index (χ4v) is 3.71. The van der Waals surface area contributed by atoms with Gasteiger partial charge in [-0.1, -0.05) is 31.4 Å². The molecule has 0 aromatic heterocycles. The Balaban J connectivity index is 1.49. The highest BCUT2D eigenvalue weighted by Crippen LogP contribution is 2.36. The lowest BCUT2D eigenvalue weighted by Gasteiger charge is -2.20. The van der Waals surface area contributed by atoms with Crippen molar-refractivity contribution in [1.82, 2.24) is 0 Å². The summed E-state index contributed by atoms with van der Waals surface area (Å²) in [4.78, 5) is 24.9. The maximum atomic E-state index is 12.5. The summed E-state index contributed by atoms with van der Waals surface area (Å²) in [5.41, 5.74) is 1.67. The Morgan fingerprint density at radius 1 is 1.08 bits per heavy atom. The molecule has 2 amide bonds. The molecule has 0 unspecified atom stereocenters. The highest BCUT2D eigenvalue weighted by Gasteiger charge is 2.22. The quantitative estimate of drug-likeness (QED) is 0.823. The lowest BCUT2D eigenvalue weighted by atomic mass is 9.87. The molecule has 2 aromatic rings. The van der Waals surface area contributed by atoms with E-state index in [0.717, 1.165) is 12.8 Å².